The van der Waals surface area contributed by atoms with E-state index in [0.717, 1.165) is 24.2 Å². The topological polar surface area (TPSA) is 64.4 Å². The van der Waals surface area contributed by atoms with Gasteiger partial charge in [-0.2, -0.15) is 0 Å². The fourth-order valence-corrected chi connectivity index (χ4v) is 3.79. The molecule has 2 aliphatic rings. The number of nitrogens with one attached hydrogen (secondary N) is 1. The van der Waals surface area contributed by atoms with E-state index in [9.17, 15) is 4.79 Å². The Balaban J connectivity index is 0.00000176. The Bertz CT molecular complexity index is 544. The fraction of sp³-hybridized carbons (Fsp3) is 0.588. The van der Waals surface area contributed by atoms with Crippen LogP contribution < -0.4 is 11.1 Å². The van der Waals surface area contributed by atoms with Crippen LogP contribution >= 0.6 is 12.4 Å². The highest BCUT2D eigenvalue weighted by molar-refractivity contribution is 5.85. The van der Waals surface area contributed by atoms with Crippen molar-refractivity contribution in [2.24, 2.45) is 17.1 Å². The van der Waals surface area contributed by atoms with Crippen LogP contribution in [0.3, 0.4) is 0 Å². The van der Waals surface area contributed by atoms with E-state index in [-0.39, 0.29) is 35.9 Å². The first-order chi connectivity index (χ1) is 9.91. The van der Waals surface area contributed by atoms with Crippen LogP contribution in [0.25, 0.3) is 0 Å². The largest absolute Gasteiger partial charge is 0.377 e. The van der Waals surface area contributed by atoms with Crippen LogP contribution in [-0.4, -0.2) is 24.7 Å². The van der Waals surface area contributed by atoms with Crippen molar-refractivity contribution in [3.8, 4) is 0 Å². The molecule has 0 aromatic heterocycles. The molecule has 0 bridgehead atoms. The van der Waals surface area contributed by atoms with E-state index in [1.54, 1.807) is 0 Å². The minimum Gasteiger partial charge on any atom is -0.377 e. The van der Waals surface area contributed by atoms with Crippen LogP contribution in [0.5, 0.6) is 0 Å². The zero-order valence-corrected chi connectivity index (χ0v) is 14.2. The summed E-state index contributed by atoms with van der Waals surface area (Å²) in [6.07, 6.45) is 1.30. The second-order valence-corrected chi connectivity index (χ2v) is 6.94. The number of hydrogen-bond acceptors (Lipinski definition) is 3. The maximum Gasteiger partial charge on any atom is 0.241 e. The van der Waals surface area contributed by atoms with E-state index in [0.29, 0.717) is 5.92 Å². The maximum atomic E-state index is 12.4. The third kappa shape index (κ3) is 2.75. The van der Waals surface area contributed by atoms with Crippen LogP contribution in [0.1, 0.15) is 37.4 Å². The number of carbonyl (C=O) groups is 1. The second kappa shape index (κ2) is 6.19. The Morgan fingerprint density at radius 3 is 2.64 bits per heavy atom. The van der Waals surface area contributed by atoms with Gasteiger partial charge in [0.25, 0.3) is 0 Å². The summed E-state index contributed by atoms with van der Waals surface area (Å²) >= 11 is 0. The molecule has 4 unspecified atom stereocenters. The van der Waals surface area contributed by atoms with E-state index in [1.165, 1.54) is 0 Å². The number of rotatable bonds is 3. The van der Waals surface area contributed by atoms with Crippen LogP contribution in [0.2, 0.25) is 0 Å². The van der Waals surface area contributed by atoms with E-state index in [2.05, 4.69) is 19.2 Å². The predicted octanol–water partition coefficient (Wildman–Crippen LogP) is 2.35. The summed E-state index contributed by atoms with van der Waals surface area (Å²) < 4.78 is 5.75. The van der Waals surface area contributed by atoms with Gasteiger partial charge in [0, 0.05) is 24.0 Å². The van der Waals surface area contributed by atoms with Crippen molar-refractivity contribution in [2.45, 2.75) is 45.4 Å². The molecule has 1 amide bonds. The third-order valence-corrected chi connectivity index (χ3v) is 5.12. The van der Waals surface area contributed by atoms with Crippen molar-refractivity contribution in [1.82, 2.24) is 5.32 Å². The van der Waals surface area contributed by atoms with Gasteiger partial charge < -0.3 is 15.8 Å². The van der Waals surface area contributed by atoms with E-state index >= 15 is 0 Å². The number of carbonyl (C=O) groups excluding carboxylic acids is 1. The summed E-state index contributed by atoms with van der Waals surface area (Å²) in [6.45, 7) is 7.13. The Morgan fingerprint density at radius 1 is 1.36 bits per heavy atom. The van der Waals surface area contributed by atoms with Crippen molar-refractivity contribution >= 4 is 18.3 Å². The molecule has 1 aromatic carbocycles. The second-order valence-electron chi connectivity index (χ2n) is 6.94. The van der Waals surface area contributed by atoms with Crippen molar-refractivity contribution < 1.29 is 9.53 Å². The third-order valence-electron chi connectivity index (χ3n) is 5.12. The van der Waals surface area contributed by atoms with Gasteiger partial charge in [-0.05, 0) is 18.9 Å². The zero-order valence-electron chi connectivity index (χ0n) is 13.3. The molecule has 1 aliphatic carbocycles. The van der Waals surface area contributed by atoms with Gasteiger partial charge in [-0.25, -0.2) is 0 Å². The Hall–Kier alpha value is -1.10. The molecule has 4 nitrogen and oxygen atoms in total. The average molecular weight is 325 g/mol. The van der Waals surface area contributed by atoms with Crippen LogP contribution in [0, 0.1) is 18.3 Å². The highest BCUT2D eigenvalue weighted by Crippen LogP contribution is 2.52. The molecule has 0 spiro atoms. The van der Waals surface area contributed by atoms with Crippen LogP contribution in [-0.2, 0) is 9.53 Å². The van der Waals surface area contributed by atoms with E-state index in [4.69, 9.17) is 10.5 Å². The number of aryl methyl sites for hydroxylation is 1. The lowest BCUT2D eigenvalue weighted by Crippen LogP contribution is -2.67. The molecule has 2 fully saturated rings. The molecule has 22 heavy (non-hydrogen) atoms. The zero-order chi connectivity index (χ0) is 15.2. The minimum absolute atomic E-state index is 0. The van der Waals surface area contributed by atoms with Gasteiger partial charge in [-0.1, -0.05) is 43.7 Å². The normalized spacial score (nSPS) is 29.7. The van der Waals surface area contributed by atoms with Gasteiger partial charge in [0.1, 0.15) is 6.04 Å². The lowest BCUT2D eigenvalue weighted by Gasteiger charge is -2.54. The van der Waals surface area contributed by atoms with Crippen LogP contribution in [0.4, 0.5) is 0 Å². The average Bonchev–Trinajstić information content (AvgIpc) is 2.91. The lowest BCUT2D eigenvalue weighted by atomic mass is 9.57. The number of amides is 1. The first-order valence-electron chi connectivity index (χ1n) is 7.65. The fourth-order valence-electron chi connectivity index (χ4n) is 3.79. The number of benzene rings is 1. The molecule has 4 atom stereocenters. The molecule has 3 N–H and O–H groups in total. The molecule has 1 saturated heterocycles. The minimum atomic E-state index is -0.609. The summed E-state index contributed by atoms with van der Waals surface area (Å²) in [5.74, 6) is 0.344. The summed E-state index contributed by atoms with van der Waals surface area (Å²) in [5, 5.41) is 3.15. The summed E-state index contributed by atoms with van der Waals surface area (Å²) in [5.41, 5.74) is 8.11. The van der Waals surface area contributed by atoms with Gasteiger partial charge in [-0.3, -0.25) is 4.79 Å². The molecule has 1 aromatic rings. The monoisotopic (exact) mass is 324 g/mol. The highest BCUT2D eigenvalue weighted by Gasteiger charge is 2.59. The molecule has 1 aliphatic heterocycles. The summed E-state index contributed by atoms with van der Waals surface area (Å²) in [6, 6.07) is 7.37. The Morgan fingerprint density at radius 2 is 2.00 bits per heavy atom. The lowest BCUT2D eigenvalue weighted by molar-refractivity contribution is -0.139. The number of ether oxygens (including phenoxy) is 1. The Labute approximate surface area is 138 Å². The smallest absolute Gasteiger partial charge is 0.241 e. The van der Waals surface area contributed by atoms with E-state index in [1.807, 2.05) is 31.2 Å². The van der Waals surface area contributed by atoms with Gasteiger partial charge in [0.2, 0.25) is 5.91 Å². The first kappa shape index (κ1) is 17.3. The van der Waals surface area contributed by atoms with Gasteiger partial charge >= 0.3 is 0 Å². The van der Waals surface area contributed by atoms with Crippen LogP contribution in [0.15, 0.2) is 24.3 Å². The maximum absolute atomic E-state index is 12.4. The number of fused-ring (bicyclic) bond motifs is 1. The van der Waals surface area contributed by atoms with Gasteiger partial charge in [0.15, 0.2) is 0 Å². The molecular weight excluding hydrogens is 300 g/mol. The molecule has 5 heteroatoms. The van der Waals surface area contributed by atoms with E-state index < -0.39 is 6.04 Å². The molecule has 122 valence electrons. The number of hydrogen-bond donors (Lipinski definition) is 2. The number of halogens is 1. The molecular formula is C17H25ClN2O2. The van der Waals surface area contributed by atoms with Crippen molar-refractivity contribution in [1.29, 1.82) is 0 Å². The molecule has 1 heterocycles. The molecule has 3 rings (SSSR count). The van der Waals surface area contributed by atoms with Gasteiger partial charge in [-0.15, -0.1) is 12.4 Å². The van der Waals surface area contributed by atoms with Crippen molar-refractivity contribution in [3.63, 3.8) is 0 Å². The van der Waals surface area contributed by atoms with Crippen molar-refractivity contribution in [3.05, 3.63) is 35.4 Å². The quantitative estimate of drug-likeness (QED) is 0.897. The summed E-state index contributed by atoms with van der Waals surface area (Å²) in [4.78, 5) is 12.4. The van der Waals surface area contributed by atoms with Crippen molar-refractivity contribution in [2.75, 3.05) is 6.61 Å². The Kier molecular flexibility index (Phi) is 4.85. The molecule has 0 radical (unpaired) electrons. The number of nitrogens with two attached hydrogens (primary N) is 1. The predicted molar refractivity (Wildman–Crippen MR) is 88.9 cm³/mol. The SMILES string of the molecule is Cc1ccc(C(N)C(=O)NC2C3CCOC3C2(C)C)cc1.Cl. The first-order valence-corrected chi connectivity index (χ1v) is 7.65. The molecule has 1 saturated carbocycles. The summed E-state index contributed by atoms with van der Waals surface area (Å²) in [7, 11) is 0. The van der Waals surface area contributed by atoms with Gasteiger partial charge in [0.05, 0.1) is 6.10 Å². The standard InChI is InChI=1S/C17H24N2O2.ClH/c1-10-4-6-11(7-5-10)13(18)16(20)19-14-12-8-9-21-15(12)17(14,2)3;/h4-7,12-15H,8-9,18H2,1-3H3,(H,19,20);1H. The highest BCUT2D eigenvalue weighted by atomic mass is 35.5.